The minimum Gasteiger partial charge on any atom is -0.375 e. The summed E-state index contributed by atoms with van der Waals surface area (Å²) >= 11 is 0. The molecule has 0 aromatic heterocycles. The van der Waals surface area contributed by atoms with Crippen LogP contribution in [0, 0.1) is 11.8 Å². The highest BCUT2D eigenvalue weighted by atomic mass is 16.5. The predicted molar refractivity (Wildman–Crippen MR) is 122 cm³/mol. The van der Waals surface area contributed by atoms with E-state index in [0.717, 1.165) is 44.9 Å². The average Bonchev–Trinajstić information content (AvgIpc) is 2.75. The largest absolute Gasteiger partial charge is 0.375 e. The summed E-state index contributed by atoms with van der Waals surface area (Å²) in [5.41, 5.74) is 0.0274. The Balaban J connectivity index is 1.23. The molecule has 0 N–H and O–H groups in total. The summed E-state index contributed by atoms with van der Waals surface area (Å²) < 4.78 is 6.40. The van der Waals surface area contributed by atoms with Crippen molar-refractivity contribution in [3.8, 4) is 0 Å². The van der Waals surface area contributed by atoms with Gasteiger partial charge >= 0.3 is 0 Å². The molecule has 0 bridgehead atoms. The number of rotatable bonds is 5. The minimum absolute atomic E-state index is 0.0274. The van der Waals surface area contributed by atoms with Gasteiger partial charge < -0.3 is 14.5 Å². The Labute approximate surface area is 184 Å². The van der Waals surface area contributed by atoms with Crippen LogP contribution in [-0.4, -0.2) is 84.7 Å². The van der Waals surface area contributed by atoms with Gasteiger partial charge in [-0.3, -0.25) is 9.69 Å². The molecule has 3 saturated heterocycles. The summed E-state index contributed by atoms with van der Waals surface area (Å²) in [5.74, 6) is 1.81. The van der Waals surface area contributed by atoms with Crippen LogP contribution in [0.15, 0.2) is 0 Å². The average molecular weight is 420 g/mol. The molecule has 1 aliphatic carbocycles. The van der Waals surface area contributed by atoms with Gasteiger partial charge in [0.15, 0.2) is 0 Å². The van der Waals surface area contributed by atoms with Gasteiger partial charge in [0.2, 0.25) is 5.91 Å². The molecule has 0 aromatic carbocycles. The molecule has 5 heteroatoms. The number of hydrogen-bond acceptors (Lipinski definition) is 4. The maximum atomic E-state index is 12.8. The van der Waals surface area contributed by atoms with Crippen molar-refractivity contribution in [2.24, 2.45) is 11.8 Å². The number of carbonyl (C=O) groups excluding carboxylic acids is 1. The molecule has 3 aliphatic heterocycles. The van der Waals surface area contributed by atoms with Crippen LogP contribution in [-0.2, 0) is 9.53 Å². The molecule has 0 radical (unpaired) electrons. The summed E-state index contributed by atoms with van der Waals surface area (Å²) in [6, 6.07) is 0.671. The van der Waals surface area contributed by atoms with E-state index in [1.165, 1.54) is 77.7 Å². The van der Waals surface area contributed by atoms with Crippen LogP contribution in [0.4, 0.5) is 0 Å². The van der Waals surface area contributed by atoms with Crippen molar-refractivity contribution in [3.05, 3.63) is 0 Å². The molecule has 4 rings (SSSR count). The molecule has 0 unspecified atom stereocenters. The van der Waals surface area contributed by atoms with Gasteiger partial charge in [-0.15, -0.1) is 0 Å². The van der Waals surface area contributed by atoms with Crippen molar-refractivity contribution < 1.29 is 9.53 Å². The Hall–Kier alpha value is -0.650. The van der Waals surface area contributed by atoms with Crippen molar-refractivity contribution in [2.45, 2.75) is 89.7 Å². The van der Waals surface area contributed by atoms with E-state index in [2.05, 4.69) is 28.5 Å². The lowest BCUT2D eigenvalue weighted by Crippen LogP contribution is -2.57. The number of nitrogens with zero attached hydrogens (tertiary/aromatic N) is 3. The molecule has 0 aromatic rings. The Bertz CT molecular complexity index is 545. The van der Waals surface area contributed by atoms with E-state index in [4.69, 9.17) is 4.74 Å². The zero-order chi connectivity index (χ0) is 21.0. The highest BCUT2D eigenvalue weighted by Crippen LogP contribution is 2.37. The van der Waals surface area contributed by atoms with Crippen LogP contribution < -0.4 is 0 Å². The third-order valence-corrected chi connectivity index (χ3v) is 8.23. The molecule has 1 saturated carbocycles. The standard InChI is InChI=1S/C25H45N3O2/c1-21(2)20-26-13-15-27(16-14-26)23-8-17-30-25(19-23)9-11-28(12-10-25)24(29)18-22-6-4-3-5-7-22/h21-23H,3-20H2,1-2H3/t23-/m0/s1. The molecule has 3 heterocycles. The summed E-state index contributed by atoms with van der Waals surface area (Å²) in [6.07, 6.45) is 11.7. The number of piperidine rings is 1. The monoisotopic (exact) mass is 419 g/mol. The Morgan fingerprint density at radius 3 is 2.33 bits per heavy atom. The van der Waals surface area contributed by atoms with Crippen LogP contribution in [0.5, 0.6) is 0 Å². The zero-order valence-electron chi connectivity index (χ0n) is 19.6. The number of piperazine rings is 1. The fourth-order valence-electron chi connectivity index (χ4n) is 6.42. The van der Waals surface area contributed by atoms with E-state index in [1.54, 1.807) is 0 Å². The van der Waals surface area contributed by atoms with E-state index in [9.17, 15) is 4.79 Å². The fourth-order valence-corrected chi connectivity index (χ4v) is 6.42. The van der Waals surface area contributed by atoms with Crippen LogP contribution in [0.25, 0.3) is 0 Å². The zero-order valence-corrected chi connectivity index (χ0v) is 19.6. The van der Waals surface area contributed by atoms with Gasteiger partial charge in [-0.2, -0.15) is 0 Å². The summed E-state index contributed by atoms with van der Waals surface area (Å²) in [5, 5.41) is 0. The normalized spacial score (nSPS) is 29.6. The summed E-state index contributed by atoms with van der Waals surface area (Å²) in [6.45, 7) is 13.4. The molecule has 1 atom stereocenters. The Morgan fingerprint density at radius 1 is 0.967 bits per heavy atom. The first-order valence-electron chi connectivity index (χ1n) is 12.9. The summed E-state index contributed by atoms with van der Waals surface area (Å²) in [4.78, 5) is 20.3. The van der Waals surface area contributed by atoms with Gasteiger partial charge in [0.1, 0.15) is 0 Å². The molecule has 1 amide bonds. The predicted octanol–water partition coefficient (Wildman–Crippen LogP) is 3.77. The minimum atomic E-state index is 0.0274. The molecule has 4 aliphatic rings. The molecule has 5 nitrogen and oxygen atoms in total. The van der Waals surface area contributed by atoms with Gasteiger partial charge in [0.05, 0.1) is 5.60 Å². The van der Waals surface area contributed by atoms with Crippen molar-refractivity contribution in [1.29, 1.82) is 0 Å². The molecule has 172 valence electrons. The summed E-state index contributed by atoms with van der Waals surface area (Å²) in [7, 11) is 0. The van der Waals surface area contributed by atoms with Crippen LogP contribution in [0.3, 0.4) is 0 Å². The first-order valence-corrected chi connectivity index (χ1v) is 12.9. The van der Waals surface area contributed by atoms with E-state index < -0.39 is 0 Å². The third kappa shape index (κ3) is 5.77. The van der Waals surface area contributed by atoms with Gasteiger partial charge in [0, 0.05) is 64.9 Å². The number of carbonyl (C=O) groups is 1. The quantitative estimate of drug-likeness (QED) is 0.680. The number of amides is 1. The number of ether oxygens (including phenoxy) is 1. The van der Waals surface area contributed by atoms with Crippen molar-refractivity contribution in [3.63, 3.8) is 0 Å². The maximum absolute atomic E-state index is 12.8. The second kappa shape index (κ2) is 10.3. The lowest BCUT2D eigenvalue weighted by atomic mass is 9.81. The van der Waals surface area contributed by atoms with Crippen LogP contribution in [0.1, 0.15) is 78.1 Å². The van der Waals surface area contributed by atoms with Crippen LogP contribution in [0.2, 0.25) is 0 Å². The number of hydrogen-bond donors (Lipinski definition) is 0. The molecule has 1 spiro atoms. The number of likely N-dealkylation sites (tertiary alicyclic amines) is 1. The van der Waals surface area contributed by atoms with Gasteiger partial charge in [-0.05, 0) is 50.4 Å². The van der Waals surface area contributed by atoms with Crippen molar-refractivity contribution in [1.82, 2.24) is 14.7 Å². The highest BCUT2D eigenvalue weighted by molar-refractivity contribution is 5.76. The van der Waals surface area contributed by atoms with E-state index >= 15 is 0 Å². The fraction of sp³-hybridized carbons (Fsp3) is 0.960. The lowest BCUT2D eigenvalue weighted by molar-refractivity contribution is -0.151. The molecular formula is C25H45N3O2. The second-order valence-corrected chi connectivity index (χ2v) is 11.0. The third-order valence-electron chi connectivity index (χ3n) is 8.23. The van der Waals surface area contributed by atoms with E-state index in [-0.39, 0.29) is 5.60 Å². The molecule has 30 heavy (non-hydrogen) atoms. The topological polar surface area (TPSA) is 36.0 Å². The lowest BCUT2D eigenvalue weighted by Gasteiger charge is -2.50. The smallest absolute Gasteiger partial charge is 0.222 e. The second-order valence-electron chi connectivity index (χ2n) is 11.0. The van der Waals surface area contributed by atoms with Gasteiger partial charge in [0.25, 0.3) is 0 Å². The van der Waals surface area contributed by atoms with Crippen LogP contribution >= 0.6 is 0 Å². The van der Waals surface area contributed by atoms with E-state index in [0.29, 0.717) is 17.9 Å². The highest BCUT2D eigenvalue weighted by Gasteiger charge is 2.43. The molecule has 4 fully saturated rings. The van der Waals surface area contributed by atoms with Crippen molar-refractivity contribution in [2.75, 3.05) is 52.4 Å². The maximum Gasteiger partial charge on any atom is 0.222 e. The van der Waals surface area contributed by atoms with E-state index in [1.807, 2.05) is 0 Å². The first-order chi connectivity index (χ1) is 14.5. The van der Waals surface area contributed by atoms with Crippen molar-refractivity contribution >= 4 is 5.91 Å². The Kier molecular flexibility index (Phi) is 7.75. The van der Waals surface area contributed by atoms with Gasteiger partial charge in [-0.1, -0.05) is 33.1 Å². The first kappa shape index (κ1) is 22.5. The molecular weight excluding hydrogens is 374 g/mol. The van der Waals surface area contributed by atoms with Gasteiger partial charge in [-0.25, -0.2) is 0 Å². The SMILES string of the molecule is CC(C)CN1CCN([C@H]2CCOC3(CCN(C(=O)CC4CCCCC4)CC3)C2)CC1. The Morgan fingerprint density at radius 2 is 1.67 bits per heavy atom.